The number of carbonyl (C=O) groups is 1. The van der Waals surface area contributed by atoms with Crippen LogP contribution in [0.25, 0.3) is 0 Å². The molecule has 0 atom stereocenters. The second-order valence-corrected chi connectivity index (χ2v) is 4.79. The molecule has 0 saturated heterocycles. The van der Waals surface area contributed by atoms with Crippen molar-refractivity contribution in [3.05, 3.63) is 28.2 Å². The molecular formula is C12H10BrNO2. The lowest BCUT2D eigenvalue weighted by Crippen LogP contribution is -2.40. The van der Waals surface area contributed by atoms with Gasteiger partial charge in [0, 0.05) is 17.3 Å². The van der Waals surface area contributed by atoms with E-state index in [1.54, 1.807) is 7.11 Å². The normalized spacial score (nSPS) is 17.4. The van der Waals surface area contributed by atoms with E-state index in [2.05, 4.69) is 22.0 Å². The molecule has 3 nitrogen and oxygen atoms in total. The molecule has 1 fully saturated rings. The number of hydrogen-bond acceptors (Lipinski definition) is 3. The number of ketones is 1. The fourth-order valence-corrected chi connectivity index (χ4v) is 2.70. The van der Waals surface area contributed by atoms with Crippen LogP contribution >= 0.6 is 15.9 Å². The third-order valence-corrected chi connectivity index (χ3v) is 3.56. The summed E-state index contributed by atoms with van der Waals surface area (Å²) in [7, 11) is 1.59. The van der Waals surface area contributed by atoms with Gasteiger partial charge in [0.2, 0.25) is 0 Å². The zero-order valence-corrected chi connectivity index (χ0v) is 10.4. The molecule has 4 heteroatoms. The first-order chi connectivity index (χ1) is 7.61. The van der Waals surface area contributed by atoms with Crippen LogP contribution in [0.3, 0.4) is 0 Å². The van der Waals surface area contributed by atoms with Gasteiger partial charge in [-0.3, -0.25) is 4.79 Å². The molecule has 2 rings (SSSR count). The average Bonchev–Trinajstić information content (AvgIpc) is 2.24. The van der Waals surface area contributed by atoms with E-state index < -0.39 is 5.41 Å². The largest absolute Gasteiger partial charge is 0.497 e. The van der Waals surface area contributed by atoms with Crippen LogP contribution in [0.5, 0.6) is 5.75 Å². The number of hydrogen-bond donors (Lipinski definition) is 0. The Bertz CT molecular complexity index is 482. The molecule has 0 radical (unpaired) electrons. The van der Waals surface area contributed by atoms with Crippen molar-refractivity contribution in [1.29, 1.82) is 5.26 Å². The Kier molecular flexibility index (Phi) is 2.73. The molecule has 1 saturated carbocycles. The number of benzene rings is 1. The van der Waals surface area contributed by atoms with E-state index in [9.17, 15) is 10.1 Å². The Morgan fingerprint density at radius 3 is 2.62 bits per heavy atom. The highest BCUT2D eigenvalue weighted by atomic mass is 79.9. The van der Waals surface area contributed by atoms with E-state index >= 15 is 0 Å². The number of halogens is 1. The fourth-order valence-electron chi connectivity index (χ4n) is 1.96. The minimum atomic E-state index is -0.637. The molecule has 82 valence electrons. The van der Waals surface area contributed by atoms with Gasteiger partial charge >= 0.3 is 0 Å². The third-order valence-electron chi connectivity index (χ3n) is 2.90. The highest BCUT2D eigenvalue weighted by Crippen LogP contribution is 2.44. The number of carbonyl (C=O) groups excluding carboxylic acids is 1. The second-order valence-electron chi connectivity index (χ2n) is 3.93. The first kappa shape index (κ1) is 11.2. The third kappa shape index (κ3) is 1.61. The zero-order chi connectivity index (χ0) is 11.8. The molecule has 0 N–H and O–H groups in total. The van der Waals surface area contributed by atoms with Crippen molar-refractivity contribution >= 4 is 21.7 Å². The average molecular weight is 280 g/mol. The summed E-state index contributed by atoms with van der Waals surface area (Å²) >= 11 is 3.42. The number of nitriles is 1. The summed E-state index contributed by atoms with van der Waals surface area (Å²) in [6.07, 6.45) is 0.628. The van der Waals surface area contributed by atoms with Crippen molar-refractivity contribution < 1.29 is 9.53 Å². The fraction of sp³-hybridized carbons (Fsp3) is 0.333. The zero-order valence-electron chi connectivity index (χ0n) is 8.79. The van der Waals surface area contributed by atoms with Gasteiger partial charge in [-0.1, -0.05) is 22.0 Å². The lowest BCUT2D eigenvalue weighted by molar-refractivity contribution is -0.126. The van der Waals surface area contributed by atoms with Crippen LogP contribution in [0.1, 0.15) is 18.4 Å². The van der Waals surface area contributed by atoms with Gasteiger partial charge < -0.3 is 4.74 Å². The Morgan fingerprint density at radius 2 is 2.19 bits per heavy atom. The first-order valence-electron chi connectivity index (χ1n) is 4.88. The smallest absolute Gasteiger partial charge is 0.136 e. The molecule has 0 spiro atoms. The molecule has 0 amide bonds. The summed E-state index contributed by atoms with van der Waals surface area (Å²) in [5.74, 6) is 0.874. The minimum absolute atomic E-state index is 0.143. The standard InChI is InChI=1S/C12H10BrNO2/c1-16-9-2-3-10(11(13)4-9)12(7-14)5-8(15)6-12/h2-4H,5-6H2,1H3. The molecule has 0 aromatic heterocycles. The monoisotopic (exact) mass is 279 g/mol. The van der Waals surface area contributed by atoms with Crippen LogP contribution in [-0.2, 0) is 10.2 Å². The van der Waals surface area contributed by atoms with Gasteiger partial charge in [0.15, 0.2) is 0 Å². The van der Waals surface area contributed by atoms with Crippen molar-refractivity contribution in [1.82, 2.24) is 0 Å². The first-order valence-corrected chi connectivity index (χ1v) is 5.67. The van der Waals surface area contributed by atoms with Crippen LogP contribution in [0.2, 0.25) is 0 Å². The predicted molar refractivity (Wildman–Crippen MR) is 62.2 cm³/mol. The van der Waals surface area contributed by atoms with Crippen molar-refractivity contribution in [3.63, 3.8) is 0 Å². The van der Waals surface area contributed by atoms with Crippen molar-refractivity contribution in [3.8, 4) is 11.8 Å². The molecule has 0 heterocycles. The number of methoxy groups -OCH3 is 1. The highest BCUT2D eigenvalue weighted by Gasteiger charge is 2.46. The van der Waals surface area contributed by atoms with Crippen LogP contribution in [-0.4, -0.2) is 12.9 Å². The summed E-state index contributed by atoms with van der Waals surface area (Å²) in [4.78, 5) is 11.1. The van der Waals surface area contributed by atoms with Gasteiger partial charge in [0.1, 0.15) is 11.5 Å². The minimum Gasteiger partial charge on any atom is -0.497 e. The molecule has 1 aromatic rings. The molecule has 0 aliphatic heterocycles. The van der Waals surface area contributed by atoms with Crippen LogP contribution in [0.4, 0.5) is 0 Å². The maximum absolute atomic E-state index is 11.1. The molecule has 16 heavy (non-hydrogen) atoms. The Morgan fingerprint density at radius 1 is 1.50 bits per heavy atom. The van der Waals surface area contributed by atoms with Gasteiger partial charge in [-0.05, 0) is 17.7 Å². The van der Waals surface area contributed by atoms with Crippen molar-refractivity contribution in [2.75, 3.05) is 7.11 Å². The Hall–Kier alpha value is -1.34. The topological polar surface area (TPSA) is 50.1 Å². The van der Waals surface area contributed by atoms with E-state index in [4.69, 9.17) is 4.74 Å². The van der Waals surface area contributed by atoms with Gasteiger partial charge in [-0.25, -0.2) is 0 Å². The maximum Gasteiger partial charge on any atom is 0.136 e. The maximum atomic E-state index is 11.1. The van der Waals surface area contributed by atoms with Gasteiger partial charge in [-0.15, -0.1) is 0 Å². The Labute approximate surface area is 102 Å². The van der Waals surface area contributed by atoms with E-state index in [-0.39, 0.29) is 5.78 Å². The van der Waals surface area contributed by atoms with E-state index in [1.165, 1.54) is 0 Å². The van der Waals surface area contributed by atoms with Crippen LogP contribution in [0.15, 0.2) is 22.7 Å². The van der Waals surface area contributed by atoms with Crippen LogP contribution in [0, 0.1) is 11.3 Å². The van der Waals surface area contributed by atoms with Crippen LogP contribution < -0.4 is 4.74 Å². The number of nitrogens with zero attached hydrogens (tertiary/aromatic N) is 1. The molecular weight excluding hydrogens is 270 g/mol. The van der Waals surface area contributed by atoms with Gasteiger partial charge in [0.25, 0.3) is 0 Å². The summed E-state index contributed by atoms with van der Waals surface area (Å²) in [6.45, 7) is 0. The van der Waals surface area contributed by atoms with E-state index in [1.807, 2.05) is 18.2 Å². The SMILES string of the molecule is COc1ccc(C2(C#N)CC(=O)C2)c(Br)c1. The lowest BCUT2D eigenvalue weighted by Gasteiger charge is -2.34. The van der Waals surface area contributed by atoms with E-state index in [0.717, 1.165) is 15.8 Å². The van der Waals surface area contributed by atoms with E-state index in [0.29, 0.717) is 12.8 Å². The summed E-state index contributed by atoms with van der Waals surface area (Å²) in [5, 5.41) is 9.20. The molecule has 1 aromatic carbocycles. The van der Waals surface area contributed by atoms with Crippen molar-refractivity contribution in [2.45, 2.75) is 18.3 Å². The molecule has 0 unspecified atom stereocenters. The summed E-state index contributed by atoms with van der Waals surface area (Å²) in [5.41, 5.74) is 0.234. The second kappa shape index (κ2) is 3.91. The molecule has 1 aliphatic carbocycles. The number of rotatable bonds is 2. The molecule has 1 aliphatic rings. The number of Topliss-reactive ketones (excluding diaryl/α,β-unsaturated/α-hetero) is 1. The van der Waals surface area contributed by atoms with Crippen molar-refractivity contribution in [2.24, 2.45) is 0 Å². The lowest BCUT2D eigenvalue weighted by atomic mass is 9.65. The quantitative estimate of drug-likeness (QED) is 0.836. The van der Waals surface area contributed by atoms with Gasteiger partial charge in [-0.2, -0.15) is 5.26 Å². The predicted octanol–water partition coefficient (Wildman–Crippen LogP) is 2.58. The number of ether oxygens (including phenoxy) is 1. The summed E-state index contributed by atoms with van der Waals surface area (Å²) < 4.78 is 5.91. The molecule has 0 bridgehead atoms. The summed E-state index contributed by atoms with van der Waals surface area (Å²) in [6, 6.07) is 7.72. The van der Waals surface area contributed by atoms with Gasteiger partial charge in [0.05, 0.1) is 18.6 Å². The highest BCUT2D eigenvalue weighted by molar-refractivity contribution is 9.10. The Balaban J connectivity index is 2.41.